The molecule has 3 heteroatoms. The topological polar surface area (TPSA) is 24.4 Å². The van der Waals surface area contributed by atoms with E-state index in [-0.39, 0.29) is 6.04 Å². The highest BCUT2D eigenvalue weighted by atomic mass is 35.5. The van der Waals surface area contributed by atoms with Gasteiger partial charge in [0.25, 0.3) is 0 Å². The number of halogens is 1. The van der Waals surface area contributed by atoms with Gasteiger partial charge in [-0.2, -0.15) is 0 Å². The Morgan fingerprint density at radius 1 is 1.78 bits per heavy atom. The number of nitrogens with zero attached hydrogens (tertiary/aromatic N) is 1. The van der Waals surface area contributed by atoms with E-state index in [9.17, 15) is 0 Å². The molecule has 0 amide bonds. The van der Waals surface area contributed by atoms with Gasteiger partial charge in [-0.3, -0.25) is 4.99 Å². The largest absolute Gasteiger partial charge is 0.337 e. The highest BCUT2D eigenvalue weighted by Crippen LogP contribution is 2.08. The van der Waals surface area contributed by atoms with E-state index < -0.39 is 0 Å². The maximum Gasteiger partial charge on any atom is 0.195 e. The summed E-state index contributed by atoms with van der Waals surface area (Å²) in [5.41, 5.74) is 1.21. The molecule has 1 N–H and O–H groups in total. The molecule has 1 heterocycles. The molecule has 1 aliphatic heterocycles. The van der Waals surface area contributed by atoms with Crippen LogP contribution < -0.4 is 5.32 Å². The fourth-order valence-electron chi connectivity index (χ4n) is 0.603. The molecule has 0 aromatic carbocycles. The third kappa shape index (κ3) is 1.45. The van der Waals surface area contributed by atoms with E-state index in [1.54, 1.807) is 0 Å². The molecule has 0 aromatic heterocycles. The minimum atomic E-state index is 0.235. The molecular formula is C6H9ClN2. The number of nitrogens with one attached hydrogen (secondary N) is 1. The van der Waals surface area contributed by atoms with Gasteiger partial charge in [0.15, 0.2) is 5.29 Å². The Balaban J connectivity index is 2.70. The summed E-state index contributed by atoms with van der Waals surface area (Å²) >= 11 is 5.57. The van der Waals surface area contributed by atoms with Gasteiger partial charge in [-0.15, -0.1) is 0 Å². The van der Waals surface area contributed by atoms with E-state index in [0.717, 1.165) is 0 Å². The van der Waals surface area contributed by atoms with Gasteiger partial charge in [0.1, 0.15) is 0 Å². The van der Waals surface area contributed by atoms with Gasteiger partial charge in [0, 0.05) is 6.20 Å². The van der Waals surface area contributed by atoms with E-state index in [1.165, 1.54) is 5.57 Å². The number of rotatable bonds is 0. The quantitative estimate of drug-likeness (QED) is 0.512. The maximum atomic E-state index is 5.57. The summed E-state index contributed by atoms with van der Waals surface area (Å²) in [4.78, 5) is 4.07. The van der Waals surface area contributed by atoms with Crippen molar-refractivity contribution < 1.29 is 0 Å². The van der Waals surface area contributed by atoms with E-state index in [2.05, 4.69) is 10.3 Å². The Morgan fingerprint density at radius 2 is 2.44 bits per heavy atom. The van der Waals surface area contributed by atoms with Crippen molar-refractivity contribution in [3.05, 3.63) is 11.8 Å². The lowest BCUT2D eigenvalue weighted by atomic mass is 10.2. The van der Waals surface area contributed by atoms with Crippen LogP contribution in [0, 0.1) is 0 Å². The molecule has 0 bridgehead atoms. The summed E-state index contributed by atoms with van der Waals surface area (Å²) < 4.78 is 0. The van der Waals surface area contributed by atoms with Crippen LogP contribution in [0.5, 0.6) is 0 Å². The Morgan fingerprint density at radius 3 is 2.89 bits per heavy atom. The summed E-state index contributed by atoms with van der Waals surface area (Å²) in [7, 11) is 0. The van der Waals surface area contributed by atoms with Crippen LogP contribution in [0.3, 0.4) is 0 Å². The second kappa shape index (κ2) is 2.40. The Hall–Kier alpha value is -0.500. The maximum absolute atomic E-state index is 5.57. The van der Waals surface area contributed by atoms with Crippen LogP contribution in [0.15, 0.2) is 16.8 Å². The molecule has 50 valence electrons. The zero-order chi connectivity index (χ0) is 6.85. The monoisotopic (exact) mass is 144 g/mol. The zero-order valence-electron chi connectivity index (χ0n) is 5.48. The normalized spacial score (nSPS) is 26.3. The predicted octanol–water partition coefficient (Wildman–Crippen LogP) is 1.48. The van der Waals surface area contributed by atoms with Crippen molar-refractivity contribution in [2.45, 2.75) is 19.9 Å². The summed E-state index contributed by atoms with van der Waals surface area (Å²) in [6, 6.07) is 0.235. The molecule has 1 unspecified atom stereocenters. The van der Waals surface area contributed by atoms with Crippen LogP contribution in [0.1, 0.15) is 13.8 Å². The minimum Gasteiger partial charge on any atom is -0.337 e. The van der Waals surface area contributed by atoms with Crippen LogP contribution in [0.4, 0.5) is 0 Å². The lowest BCUT2D eigenvalue weighted by Crippen LogP contribution is -2.21. The van der Waals surface area contributed by atoms with E-state index in [1.807, 2.05) is 20.0 Å². The van der Waals surface area contributed by atoms with Crippen molar-refractivity contribution in [1.29, 1.82) is 0 Å². The van der Waals surface area contributed by atoms with Crippen molar-refractivity contribution in [3.63, 3.8) is 0 Å². The molecule has 0 aliphatic carbocycles. The smallest absolute Gasteiger partial charge is 0.195 e. The van der Waals surface area contributed by atoms with Crippen molar-refractivity contribution in [2.75, 3.05) is 0 Å². The molecule has 1 aliphatic rings. The van der Waals surface area contributed by atoms with Crippen LogP contribution in [-0.4, -0.2) is 11.3 Å². The first-order valence-electron chi connectivity index (χ1n) is 2.86. The van der Waals surface area contributed by atoms with Gasteiger partial charge in [-0.05, 0) is 31.0 Å². The molecule has 0 saturated heterocycles. The highest BCUT2D eigenvalue weighted by molar-refractivity contribution is 6.64. The highest BCUT2D eigenvalue weighted by Gasteiger charge is 2.06. The molecule has 0 saturated carbocycles. The summed E-state index contributed by atoms with van der Waals surface area (Å²) in [6.45, 7) is 4.03. The van der Waals surface area contributed by atoms with Gasteiger partial charge in [-0.1, -0.05) is 0 Å². The molecule has 1 rings (SSSR count). The average Bonchev–Trinajstić information content (AvgIpc) is 1.80. The lowest BCUT2D eigenvalue weighted by molar-refractivity contribution is 0.829. The molecule has 2 nitrogen and oxygen atoms in total. The molecule has 0 radical (unpaired) electrons. The summed E-state index contributed by atoms with van der Waals surface area (Å²) in [5.74, 6) is 0. The predicted molar refractivity (Wildman–Crippen MR) is 39.6 cm³/mol. The van der Waals surface area contributed by atoms with Crippen molar-refractivity contribution in [2.24, 2.45) is 4.99 Å². The van der Waals surface area contributed by atoms with Gasteiger partial charge in [-0.25, -0.2) is 0 Å². The fourth-order valence-corrected chi connectivity index (χ4v) is 0.804. The summed E-state index contributed by atoms with van der Waals surface area (Å²) in [5, 5.41) is 3.30. The van der Waals surface area contributed by atoms with Crippen LogP contribution in [0.25, 0.3) is 0 Å². The van der Waals surface area contributed by atoms with Crippen molar-refractivity contribution in [3.8, 4) is 0 Å². The summed E-state index contributed by atoms with van der Waals surface area (Å²) in [6.07, 6.45) is 1.88. The molecule has 1 atom stereocenters. The number of amidine groups is 1. The van der Waals surface area contributed by atoms with Gasteiger partial charge in [0.05, 0.1) is 6.04 Å². The fraction of sp³-hybridized carbons (Fsp3) is 0.500. The molecule has 9 heavy (non-hydrogen) atoms. The van der Waals surface area contributed by atoms with E-state index >= 15 is 0 Å². The average molecular weight is 145 g/mol. The number of hydrogen-bond acceptors (Lipinski definition) is 2. The standard InChI is InChI=1S/C6H9ClN2/c1-4-3-8-6(7)9-5(4)2/h3,5H,1-2H3,(H,8,9). The second-order valence-corrected chi connectivity index (χ2v) is 2.49. The number of aliphatic imine (C=N–C) groups is 1. The molecule has 0 fully saturated rings. The Bertz CT molecular complexity index is 172. The van der Waals surface area contributed by atoms with Crippen LogP contribution in [0.2, 0.25) is 0 Å². The Labute approximate surface area is 59.6 Å². The van der Waals surface area contributed by atoms with Gasteiger partial charge < -0.3 is 5.32 Å². The third-order valence-corrected chi connectivity index (χ3v) is 1.59. The SMILES string of the molecule is CC1=CNC(Cl)=NC1C. The molecular weight excluding hydrogens is 136 g/mol. The Kier molecular flexibility index (Phi) is 1.76. The first-order valence-corrected chi connectivity index (χ1v) is 3.24. The van der Waals surface area contributed by atoms with E-state index in [0.29, 0.717) is 5.29 Å². The first-order chi connectivity index (χ1) is 4.20. The van der Waals surface area contributed by atoms with Crippen molar-refractivity contribution >= 4 is 16.9 Å². The number of hydrogen-bond donors (Lipinski definition) is 1. The van der Waals surface area contributed by atoms with Gasteiger partial charge in [0.2, 0.25) is 0 Å². The minimum absolute atomic E-state index is 0.235. The van der Waals surface area contributed by atoms with Crippen LogP contribution in [-0.2, 0) is 0 Å². The third-order valence-electron chi connectivity index (χ3n) is 1.38. The van der Waals surface area contributed by atoms with Crippen LogP contribution >= 0.6 is 11.6 Å². The molecule has 0 spiro atoms. The second-order valence-electron chi connectivity index (χ2n) is 2.13. The lowest BCUT2D eigenvalue weighted by Gasteiger charge is -2.13. The van der Waals surface area contributed by atoms with Crippen molar-refractivity contribution in [1.82, 2.24) is 5.32 Å². The van der Waals surface area contributed by atoms with E-state index in [4.69, 9.17) is 11.6 Å². The molecule has 0 aromatic rings. The van der Waals surface area contributed by atoms with Gasteiger partial charge >= 0.3 is 0 Å². The zero-order valence-corrected chi connectivity index (χ0v) is 6.24. The first kappa shape index (κ1) is 6.62.